The van der Waals surface area contributed by atoms with Crippen LogP contribution >= 0.6 is 0 Å². The van der Waals surface area contributed by atoms with Crippen molar-refractivity contribution in [2.24, 2.45) is 0 Å². The van der Waals surface area contributed by atoms with Crippen LogP contribution in [0.25, 0.3) is 0 Å². The van der Waals surface area contributed by atoms with Crippen molar-refractivity contribution in [1.29, 1.82) is 0 Å². The maximum absolute atomic E-state index is 13.4. The number of amides is 1. The van der Waals surface area contributed by atoms with Crippen molar-refractivity contribution >= 4 is 29.2 Å². The molecule has 14 heteroatoms. The Balaban J connectivity index is 2.58. The second-order valence-corrected chi connectivity index (χ2v) is 7.63. The first-order valence-corrected chi connectivity index (χ1v) is 9.97. The van der Waals surface area contributed by atoms with Crippen molar-refractivity contribution < 1.29 is 50.2 Å². The smallest absolute Gasteiger partial charge is 0.383 e. The lowest BCUT2D eigenvalue weighted by atomic mass is 10.1. The summed E-state index contributed by atoms with van der Waals surface area (Å²) in [6.07, 6.45) is -11.8. The topological polar surface area (TPSA) is 79.4 Å². The van der Waals surface area contributed by atoms with Crippen LogP contribution in [0.5, 0.6) is 0 Å². The molecule has 0 radical (unpaired) electrons. The molecular formula is C20H23F6N3O5. The van der Waals surface area contributed by atoms with Crippen LogP contribution in [0.15, 0.2) is 18.2 Å². The van der Waals surface area contributed by atoms with E-state index in [1.54, 1.807) is 4.90 Å². The van der Waals surface area contributed by atoms with Crippen LogP contribution in [0, 0.1) is 0 Å². The van der Waals surface area contributed by atoms with Crippen molar-refractivity contribution in [3.05, 3.63) is 23.8 Å². The number of methoxy groups -OCH3 is 1. The van der Waals surface area contributed by atoms with Gasteiger partial charge >= 0.3 is 30.2 Å². The average molecular weight is 499 g/mol. The Kier molecular flexibility index (Phi) is 8.53. The van der Waals surface area contributed by atoms with Gasteiger partial charge in [0.1, 0.15) is 0 Å². The Labute approximate surface area is 191 Å². The zero-order valence-corrected chi connectivity index (χ0v) is 18.5. The van der Waals surface area contributed by atoms with Crippen LogP contribution in [0.1, 0.15) is 17.3 Å². The minimum Gasteiger partial charge on any atom is -0.383 e. The van der Waals surface area contributed by atoms with Gasteiger partial charge in [-0.3, -0.25) is 4.79 Å². The third-order valence-electron chi connectivity index (χ3n) is 5.11. The Bertz CT molecular complexity index is 913. The number of likely N-dealkylation sites (N-methyl/N-ethyl adjacent to an activating group) is 1. The quantitative estimate of drug-likeness (QED) is 0.338. The molecule has 0 saturated carbocycles. The highest BCUT2D eigenvalue weighted by Gasteiger charge is 2.46. The second kappa shape index (κ2) is 10.6. The molecular weight excluding hydrogens is 476 g/mol. The lowest BCUT2D eigenvalue weighted by molar-refractivity contribution is -0.193. The van der Waals surface area contributed by atoms with E-state index in [0.29, 0.717) is 31.9 Å². The summed E-state index contributed by atoms with van der Waals surface area (Å²) in [6, 6.07) is 3.29. The molecule has 1 amide bonds. The number of esters is 2. The predicted molar refractivity (Wildman–Crippen MR) is 108 cm³/mol. The molecule has 190 valence electrons. The molecule has 1 atom stereocenters. The summed E-state index contributed by atoms with van der Waals surface area (Å²) >= 11 is 0. The van der Waals surface area contributed by atoms with Gasteiger partial charge in [-0.15, -0.1) is 0 Å². The van der Waals surface area contributed by atoms with Gasteiger partial charge in [0, 0.05) is 39.0 Å². The van der Waals surface area contributed by atoms with Gasteiger partial charge in [-0.25, -0.2) is 9.59 Å². The summed E-state index contributed by atoms with van der Waals surface area (Å²) in [6.45, 7) is 2.83. The molecule has 1 aliphatic heterocycles. The SMILES string of the molecule is CO[C@H](C)CN(C(=O)C(F)(F)F)c1cc(N2CCN(C)CC2)ccc1C(=O)OC(=O)C(F)(F)F. The molecule has 0 N–H and O–H groups in total. The van der Waals surface area contributed by atoms with Crippen molar-refractivity contribution in [2.75, 3.05) is 56.7 Å². The van der Waals surface area contributed by atoms with Gasteiger partial charge in [0.15, 0.2) is 0 Å². The van der Waals surface area contributed by atoms with Crippen LogP contribution in [0.2, 0.25) is 0 Å². The molecule has 1 aromatic carbocycles. The number of piperazine rings is 1. The monoisotopic (exact) mass is 499 g/mol. The molecule has 0 aliphatic carbocycles. The highest BCUT2D eigenvalue weighted by Crippen LogP contribution is 2.32. The molecule has 0 spiro atoms. The number of ether oxygens (including phenoxy) is 2. The summed E-state index contributed by atoms with van der Waals surface area (Å²) in [5, 5.41) is 0. The largest absolute Gasteiger partial charge is 0.491 e. The molecule has 1 aliphatic rings. The van der Waals surface area contributed by atoms with Gasteiger partial charge in [0.25, 0.3) is 0 Å². The number of carbonyl (C=O) groups is 3. The Morgan fingerprint density at radius 1 is 1.03 bits per heavy atom. The van der Waals surface area contributed by atoms with Crippen LogP contribution in [0.3, 0.4) is 0 Å². The predicted octanol–water partition coefficient (Wildman–Crippen LogP) is 2.61. The van der Waals surface area contributed by atoms with Crippen molar-refractivity contribution in [3.8, 4) is 0 Å². The molecule has 34 heavy (non-hydrogen) atoms. The van der Waals surface area contributed by atoms with Crippen LogP contribution in [0.4, 0.5) is 37.7 Å². The summed E-state index contributed by atoms with van der Waals surface area (Å²) in [5.41, 5.74) is -1.16. The van der Waals surface area contributed by atoms with Crippen LogP contribution < -0.4 is 9.80 Å². The normalized spacial score (nSPS) is 16.2. The first-order chi connectivity index (χ1) is 15.6. The van der Waals surface area contributed by atoms with Crippen molar-refractivity contribution in [2.45, 2.75) is 25.4 Å². The summed E-state index contributed by atoms with van der Waals surface area (Å²) in [4.78, 5) is 39.7. The van der Waals surface area contributed by atoms with E-state index in [1.165, 1.54) is 20.1 Å². The molecule has 0 unspecified atom stereocenters. The number of anilines is 2. The van der Waals surface area contributed by atoms with E-state index >= 15 is 0 Å². The molecule has 8 nitrogen and oxygen atoms in total. The number of halogens is 6. The first-order valence-electron chi connectivity index (χ1n) is 9.97. The van der Waals surface area contributed by atoms with Crippen molar-refractivity contribution in [1.82, 2.24) is 4.90 Å². The zero-order valence-electron chi connectivity index (χ0n) is 18.5. The van der Waals surface area contributed by atoms with Gasteiger partial charge in [-0.1, -0.05) is 0 Å². The Hall–Kier alpha value is -2.87. The average Bonchev–Trinajstić information content (AvgIpc) is 2.75. The van der Waals surface area contributed by atoms with Crippen molar-refractivity contribution in [3.63, 3.8) is 0 Å². The fraction of sp³-hybridized carbons (Fsp3) is 0.550. The summed E-state index contributed by atoms with van der Waals surface area (Å²) in [7, 11) is 3.05. The standard InChI is InChI=1S/C20H23F6N3O5/c1-12(33-3)11-29(17(31)19(21,22)23)15-10-13(28-8-6-27(2)7-9-28)4-5-14(15)16(30)34-18(32)20(24,25)26/h4-5,10,12H,6-9,11H2,1-3H3/t12-/m1/s1. The Morgan fingerprint density at radius 2 is 1.62 bits per heavy atom. The maximum atomic E-state index is 13.4. The van der Waals surface area contributed by atoms with E-state index < -0.39 is 54.1 Å². The number of alkyl halides is 6. The van der Waals surface area contributed by atoms with Gasteiger partial charge in [-0.2, -0.15) is 26.3 Å². The van der Waals surface area contributed by atoms with Gasteiger partial charge in [0.05, 0.1) is 23.9 Å². The number of hydrogen-bond acceptors (Lipinski definition) is 7. The molecule has 1 saturated heterocycles. The molecule has 1 fully saturated rings. The van der Waals surface area contributed by atoms with E-state index in [4.69, 9.17) is 4.74 Å². The number of nitrogens with zero attached hydrogens (tertiary/aromatic N) is 3. The van der Waals surface area contributed by atoms with Crippen LogP contribution in [-0.4, -0.2) is 88.1 Å². The minimum absolute atomic E-state index is 0.183. The van der Waals surface area contributed by atoms with E-state index in [2.05, 4.69) is 4.74 Å². The minimum atomic E-state index is -5.51. The summed E-state index contributed by atoms with van der Waals surface area (Å²) < 4.78 is 86.5. The summed E-state index contributed by atoms with van der Waals surface area (Å²) in [5.74, 6) is -7.07. The zero-order chi connectivity index (χ0) is 25.8. The third kappa shape index (κ3) is 6.82. The second-order valence-electron chi connectivity index (χ2n) is 7.63. The van der Waals surface area contributed by atoms with E-state index in [9.17, 15) is 40.7 Å². The number of hydrogen-bond donors (Lipinski definition) is 0. The maximum Gasteiger partial charge on any atom is 0.491 e. The van der Waals surface area contributed by atoms with Crippen LogP contribution in [-0.2, 0) is 19.1 Å². The number of carbonyl (C=O) groups excluding carboxylic acids is 3. The highest BCUT2D eigenvalue weighted by atomic mass is 19.4. The number of benzene rings is 1. The number of rotatable bonds is 6. The Morgan fingerprint density at radius 3 is 2.12 bits per heavy atom. The molecule has 0 bridgehead atoms. The van der Waals surface area contributed by atoms with Gasteiger partial charge in [0.2, 0.25) is 0 Å². The fourth-order valence-electron chi connectivity index (χ4n) is 3.15. The molecule has 1 heterocycles. The molecule has 1 aromatic rings. The molecule has 2 rings (SSSR count). The third-order valence-corrected chi connectivity index (χ3v) is 5.11. The van der Waals surface area contributed by atoms with E-state index in [-0.39, 0.29) is 4.90 Å². The molecule has 0 aromatic heterocycles. The van der Waals surface area contributed by atoms with Gasteiger partial charge < -0.3 is 24.2 Å². The van der Waals surface area contributed by atoms with E-state index in [0.717, 1.165) is 12.1 Å². The van der Waals surface area contributed by atoms with Gasteiger partial charge in [-0.05, 0) is 32.2 Å². The van der Waals surface area contributed by atoms with E-state index in [1.807, 2.05) is 11.9 Å². The fourth-order valence-corrected chi connectivity index (χ4v) is 3.15. The first kappa shape index (κ1) is 27.4. The highest BCUT2D eigenvalue weighted by molar-refractivity contribution is 6.07. The lowest BCUT2D eigenvalue weighted by Gasteiger charge is -2.35. The lowest BCUT2D eigenvalue weighted by Crippen LogP contribution is -2.46.